The lowest BCUT2D eigenvalue weighted by Gasteiger charge is -2.42. The standard InChI is InChI=1S/C73H129N11O18/c1-30-33-34-46(15)60(101-50(19)85)59(64(90)76-51(31-2)66(92)78(23)49(18)71(97)98)83(28)70(96)57(44(12)13)82(27)68(94)54(39-42(8)9)81(26)67(93)53(38-41(6)7)80(25)65(91)48(17)75-61(87)47(16)74-62(88)52(37-40(4)5)79(24)69(95)56(43(10)11)77-63(89)58(45(14)35-36-55(86)100-32-3)84(29)72(99)102-73(20,21)22/h30,33,40-49,51-54,56-60H,31-32,34-39H2,1-29H3,(H,74,88)(H,75,87)(H,76,90)(H,77,89)(H,97,98)/b33-30+/t45-,46-,47+,48-,49-,51+,52+,53+,54+,56+,57+,58+,59+,60-/m1/s1. The molecule has 14 atom stereocenters. The quantitative estimate of drug-likeness (QED) is 0.0281. The molecule has 0 heterocycles. The zero-order chi connectivity index (χ0) is 79.6. The summed E-state index contributed by atoms with van der Waals surface area (Å²) in [7, 11) is 9.63. The van der Waals surface area contributed by atoms with Crippen molar-refractivity contribution in [1.82, 2.24) is 55.6 Å². The number of carboxylic acid groups (broad SMARTS) is 1. The molecular formula is C73H129N11O18. The van der Waals surface area contributed by atoms with Crippen LogP contribution < -0.4 is 21.3 Å². The third-order valence-corrected chi connectivity index (χ3v) is 18.0. The van der Waals surface area contributed by atoms with Gasteiger partial charge in [0.15, 0.2) is 0 Å². The molecule has 0 aromatic carbocycles. The number of carbonyl (C=O) groups excluding carboxylic acids is 13. The molecule has 0 aliphatic carbocycles. The molecule has 584 valence electrons. The Kier molecular flexibility index (Phi) is 39.9. The van der Waals surface area contributed by atoms with E-state index in [1.165, 1.54) is 89.7 Å². The molecule has 11 amide bonds. The van der Waals surface area contributed by atoms with Gasteiger partial charge in [-0.25, -0.2) is 9.59 Å². The first-order valence-corrected chi connectivity index (χ1v) is 35.8. The number of allylic oxidation sites excluding steroid dienone is 2. The van der Waals surface area contributed by atoms with Crippen LogP contribution in [0, 0.1) is 41.4 Å². The Hall–Kier alpha value is -7.88. The second-order valence-corrected chi connectivity index (χ2v) is 30.2. The first kappa shape index (κ1) is 94.1. The van der Waals surface area contributed by atoms with E-state index < -0.39 is 185 Å². The zero-order valence-electron chi connectivity index (χ0n) is 66.8. The summed E-state index contributed by atoms with van der Waals surface area (Å²) in [5.41, 5.74) is -0.922. The summed E-state index contributed by atoms with van der Waals surface area (Å²) in [6, 6.07) is -14.2. The van der Waals surface area contributed by atoms with Crippen LogP contribution in [0.2, 0.25) is 0 Å². The van der Waals surface area contributed by atoms with Crippen LogP contribution >= 0.6 is 0 Å². The normalized spacial score (nSPS) is 15.9. The Balaban J connectivity index is 7.26. The van der Waals surface area contributed by atoms with Crippen molar-refractivity contribution in [3.8, 4) is 0 Å². The van der Waals surface area contributed by atoms with E-state index in [1.54, 1.807) is 95.2 Å². The van der Waals surface area contributed by atoms with Gasteiger partial charge >= 0.3 is 24.0 Å². The fourth-order valence-corrected chi connectivity index (χ4v) is 11.9. The van der Waals surface area contributed by atoms with Crippen molar-refractivity contribution in [2.45, 2.75) is 275 Å². The SMILES string of the molecule is C/C=C/C[C@@H](C)[C@@H](OC(C)=O)[C@@H](C(=O)N[C@@H](CC)C(=O)N(C)[C@H](C)C(=O)O)N(C)C(=O)[C@H](C(C)C)N(C)C(=O)[C@H](CC(C)C)N(C)C(=O)[C@H](CC(C)C)N(C)C(=O)[C@@H](C)NC(=O)[C@H](C)NC(=O)[C@H](CC(C)C)N(C)C(=O)[C@@H](NC(=O)[C@H]([C@H](C)CCC(=O)OCC)N(C)C(=O)OC(C)(C)C)C(C)C. The van der Waals surface area contributed by atoms with Gasteiger partial charge in [-0.05, 0) is 135 Å². The summed E-state index contributed by atoms with van der Waals surface area (Å²) < 4.78 is 16.5. The largest absolute Gasteiger partial charge is 0.480 e. The Labute approximate surface area is 607 Å². The van der Waals surface area contributed by atoms with E-state index in [1.807, 2.05) is 41.5 Å². The highest BCUT2D eigenvalue weighted by molar-refractivity contribution is 5.99. The van der Waals surface area contributed by atoms with E-state index in [-0.39, 0.29) is 69.3 Å². The summed E-state index contributed by atoms with van der Waals surface area (Å²) in [5, 5.41) is 20.5. The van der Waals surface area contributed by atoms with E-state index in [4.69, 9.17) is 14.2 Å². The fourth-order valence-electron chi connectivity index (χ4n) is 11.9. The van der Waals surface area contributed by atoms with Gasteiger partial charge < -0.3 is 70.0 Å². The minimum absolute atomic E-state index is 0.00999. The van der Waals surface area contributed by atoms with Gasteiger partial charge in [0.2, 0.25) is 59.1 Å². The van der Waals surface area contributed by atoms with Crippen molar-refractivity contribution in [3.05, 3.63) is 12.2 Å². The maximum atomic E-state index is 15.3. The molecule has 0 radical (unpaired) electrons. The van der Waals surface area contributed by atoms with Gasteiger partial charge in [0, 0.05) is 62.7 Å². The smallest absolute Gasteiger partial charge is 0.410 e. The topological polar surface area (TPSA) is 358 Å². The molecule has 29 heteroatoms. The summed E-state index contributed by atoms with van der Waals surface area (Å²) in [6.45, 7) is 36.7. The lowest BCUT2D eigenvalue weighted by Crippen LogP contribution is -2.64. The van der Waals surface area contributed by atoms with Crippen LogP contribution in [0.25, 0.3) is 0 Å². The van der Waals surface area contributed by atoms with Crippen molar-refractivity contribution >= 4 is 83.1 Å². The number of aliphatic carboxylic acids is 1. The highest BCUT2D eigenvalue weighted by Crippen LogP contribution is 2.28. The molecule has 0 rings (SSSR count). The van der Waals surface area contributed by atoms with Crippen LogP contribution in [0.4, 0.5) is 4.79 Å². The molecule has 0 aromatic heterocycles. The Morgan fingerprint density at radius 2 is 0.941 bits per heavy atom. The number of likely N-dealkylation sites (N-methyl/N-ethyl adjacent to an activating group) is 7. The molecule has 0 fully saturated rings. The Bertz CT molecular complexity index is 2880. The van der Waals surface area contributed by atoms with E-state index in [0.717, 1.165) is 21.6 Å². The van der Waals surface area contributed by atoms with Gasteiger partial charge in [0.1, 0.15) is 78.2 Å². The van der Waals surface area contributed by atoms with Crippen LogP contribution in [0.15, 0.2) is 12.2 Å². The highest BCUT2D eigenvalue weighted by Gasteiger charge is 2.47. The van der Waals surface area contributed by atoms with Crippen LogP contribution in [0.3, 0.4) is 0 Å². The number of amides is 11. The molecule has 0 unspecified atom stereocenters. The molecule has 0 aliphatic heterocycles. The van der Waals surface area contributed by atoms with Gasteiger partial charge in [-0.1, -0.05) is 102 Å². The molecule has 0 aliphatic rings. The average Bonchev–Trinajstić information content (AvgIpc) is 0.795. The Morgan fingerprint density at radius 3 is 1.38 bits per heavy atom. The third-order valence-electron chi connectivity index (χ3n) is 18.0. The predicted octanol–water partition coefficient (Wildman–Crippen LogP) is 5.64. The fraction of sp³-hybridized carbons (Fsp3) is 0.781. The molecule has 0 saturated heterocycles. The average molecular weight is 1450 g/mol. The minimum Gasteiger partial charge on any atom is -0.480 e. The van der Waals surface area contributed by atoms with Crippen LogP contribution in [-0.4, -0.2) is 257 Å². The van der Waals surface area contributed by atoms with E-state index in [9.17, 15) is 57.8 Å². The number of esters is 2. The summed E-state index contributed by atoms with van der Waals surface area (Å²) in [5.74, 6) is -12.9. The number of hydrogen-bond donors (Lipinski definition) is 5. The second kappa shape index (κ2) is 43.3. The van der Waals surface area contributed by atoms with Gasteiger partial charge in [-0.15, -0.1) is 0 Å². The van der Waals surface area contributed by atoms with E-state index >= 15 is 14.4 Å². The Morgan fingerprint density at radius 1 is 0.480 bits per heavy atom. The van der Waals surface area contributed by atoms with E-state index in [2.05, 4.69) is 21.3 Å². The summed E-state index contributed by atoms with van der Waals surface area (Å²) in [4.78, 5) is 205. The van der Waals surface area contributed by atoms with E-state index in [0.29, 0.717) is 0 Å². The number of carboxylic acids is 1. The summed E-state index contributed by atoms with van der Waals surface area (Å²) >= 11 is 0. The highest BCUT2D eigenvalue weighted by atomic mass is 16.6. The first-order chi connectivity index (χ1) is 46.9. The molecule has 0 spiro atoms. The minimum atomic E-state index is -1.61. The number of carbonyl (C=O) groups is 14. The molecule has 5 N–H and O–H groups in total. The monoisotopic (exact) mass is 1450 g/mol. The number of nitrogens with one attached hydrogen (secondary N) is 4. The van der Waals surface area contributed by atoms with Crippen LogP contribution in [-0.2, 0) is 76.5 Å². The maximum Gasteiger partial charge on any atom is 0.410 e. The number of hydrogen-bond acceptors (Lipinski definition) is 17. The van der Waals surface area contributed by atoms with Gasteiger partial charge in [0.05, 0.1) is 6.61 Å². The van der Waals surface area contributed by atoms with Gasteiger partial charge in [-0.2, -0.15) is 0 Å². The lowest BCUT2D eigenvalue weighted by atomic mass is 9.91. The third kappa shape index (κ3) is 28.7. The number of ether oxygens (including phenoxy) is 3. The predicted molar refractivity (Wildman–Crippen MR) is 387 cm³/mol. The maximum absolute atomic E-state index is 15.3. The number of rotatable bonds is 41. The molecule has 29 nitrogen and oxygen atoms in total. The van der Waals surface area contributed by atoms with Crippen molar-refractivity contribution in [2.24, 2.45) is 41.4 Å². The molecule has 102 heavy (non-hydrogen) atoms. The first-order valence-electron chi connectivity index (χ1n) is 35.8. The summed E-state index contributed by atoms with van der Waals surface area (Å²) in [6.07, 6.45) is 2.10. The van der Waals surface area contributed by atoms with Crippen molar-refractivity contribution < 1.29 is 86.4 Å². The van der Waals surface area contributed by atoms with Gasteiger partial charge in [0.25, 0.3) is 0 Å². The lowest BCUT2D eigenvalue weighted by molar-refractivity contribution is -0.164. The molecular weight excluding hydrogens is 1320 g/mol. The van der Waals surface area contributed by atoms with Crippen molar-refractivity contribution in [3.63, 3.8) is 0 Å². The second-order valence-electron chi connectivity index (χ2n) is 30.2. The van der Waals surface area contributed by atoms with Crippen LogP contribution in [0.1, 0.15) is 197 Å². The zero-order valence-corrected chi connectivity index (χ0v) is 66.8. The van der Waals surface area contributed by atoms with Crippen molar-refractivity contribution in [2.75, 3.05) is 55.9 Å². The molecule has 0 bridgehead atoms. The van der Waals surface area contributed by atoms with Crippen LogP contribution in [0.5, 0.6) is 0 Å². The van der Waals surface area contributed by atoms with Gasteiger partial charge in [-0.3, -0.25) is 62.4 Å². The molecule has 0 saturated carbocycles. The number of nitrogens with zero attached hydrogens (tertiary/aromatic N) is 7. The molecule has 0 aromatic rings. The van der Waals surface area contributed by atoms with Crippen molar-refractivity contribution in [1.29, 1.82) is 0 Å².